The normalized spacial score (nSPS) is 10.0. The van der Waals surface area contributed by atoms with E-state index in [-0.39, 0.29) is 0 Å². The second-order valence-corrected chi connectivity index (χ2v) is 4.80. The van der Waals surface area contributed by atoms with E-state index in [4.69, 9.17) is 5.26 Å². The smallest absolute Gasteiger partial charge is 0.138 e. The van der Waals surface area contributed by atoms with Crippen molar-refractivity contribution in [2.24, 2.45) is 0 Å². The summed E-state index contributed by atoms with van der Waals surface area (Å²) in [4.78, 5) is 10.8. The fourth-order valence-corrected chi connectivity index (χ4v) is 1.96. The number of rotatable bonds is 5. The molecule has 0 unspecified atom stereocenters. The maximum absolute atomic E-state index is 8.85. The monoisotopic (exact) mass is 281 g/mol. The van der Waals surface area contributed by atoms with Gasteiger partial charge in [-0.05, 0) is 37.6 Å². The van der Waals surface area contributed by atoms with Gasteiger partial charge in [-0.25, -0.2) is 9.97 Å². The molecule has 5 nitrogen and oxygen atoms in total. The number of nitriles is 1. The van der Waals surface area contributed by atoms with Crippen LogP contribution >= 0.6 is 0 Å². The Bertz CT molecular complexity index is 643. The minimum absolute atomic E-state index is 0.649. The van der Waals surface area contributed by atoms with Crippen LogP contribution in [-0.4, -0.2) is 23.6 Å². The van der Waals surface area contributed by atoms with Crippen molar-refractivity contribution in [3.8, 4) is 6.07 Å². The first-order valence-electron chi connectivity index (χ1n) is 6.97. The number of anilines is 3. The van der Waals surface area contributed by atoms with Crippen molar-refractivity contribution in [3.05, 3.63) is 41.7 Å². The molecule has 2 rings (SSSR count). The van der Waals surface area contributed by atoms with Crippen LogP contribution in [0, 0.1) is 18.3 Å². The van der Waals surface area contributed by atoms with Crippen LogP contribution in [-0.2, 0) is 0 Å². The van der Waals surface area contributed by atoms with E-state index >= 15 is 0 Å². The topological polar surface area (TPSA) is 64.8 Å². The van der Waals surface area contributed by atoms with Gasteiger partial charge in [0.25, 0.3) is 0 Å². The molecule has 108 valence electrons. The van der Waals surface area contributed by atoms with Crippen LogP contribution in [0.5, 0.6) is 0 Å². The highest BCUT2D eigenvalue weighted by molar-refractivity contribution is 5.62. The molecule has 0 aliphatic carbocycles. The van der Waals surface area contributed by atoms with Crippen molar-refractivity contribution in [2.75, 3.05) is 23.8 Å². The van der Waals surface area contributed by atoms with E-state index in [1.54, 1.807) is 12.1 Å². The van der Waals surface area contributed by atoms with Crippen molar-refractivity contribution >= 4 is 17.3 Å². The zero-order chi connectivity index (χ0) is 15.2. The zero-order valence-corrected chi connectivity index (χ0v) is 12.6. The summed E-state index contributed by atoms with van der Waals surface area (Å²) < 4.78 is 0. The van der Waals surface area contributed by atoms with E-state index in [0.29, 0.717) is 5.56 Å². The van der Waals surface area contributed by atoms with Crippen LogP contribution in [0.2, 0.25) is 0 Å². The predicted molar refractivity (Wildman–Crippen MR) is 84.8 cm³/mol. The molecule has 0 saturated heterocycles. The first-order valence-corrected chi connectivity index (χ1v) is 6.97. The highest BCUT2D eigenvalue weighted by atomic mass is 15.2. The third kappa shape index (κ3) is 3.69. The van der Waals surface area contributed by atoms with Gasteiger partial charge < -0.3 is 10.2 Å². The molecule has 0 radical (unpaired) electrons. The fraction of sp³-hybridized carbons (Fsp3) is 0.312. The molecule has 21 heavy (non-hydrogen) atoms. The Balaban J connectivity index is 2.26. The van der Waals surface area contributed by atoms with E-state index < -0.39 is 0 Å². The molecular weight excluding hydrogens is 262 g/mol. The summed E-state index contributed by atoms with van der Waals surface area (Å²) in [5, 5.41) is 12.1. The number of benzene rings is 1. The maximum atomic E-state index is 8.85. The molecule has 0 aliphatic heterocycles. The van der Waals surface area contributed by atoms with Crippen LogP contribution < -0.4 is 10.2 Å². The van der Waals surface area contributed by atoms with Gasteiger partial charge in [-0.2, -0.15) is 5.26 Å². The minimum atomic E-state index is 0.649. The van der Waals surface area contributed by atoms with Crippen molar-refractivity contribution in [1.29, 1.82) is 5.26 Å². The molecule has 0 aliphatic rings. The molecule has 1 aromatic carbocycles. The Morgan fingerprint density at radius 2 is 1.95 bits per heavy atom. The molecule has 0 fully saturated rings. The van der Waals surface area contributed by atoms with Gasteiger partial charge >= 0.3 is 0 Å². The van der Waals surface area contributed by atoms with Gasteiger partial charge in [0.05, 0.1) is 11.6 Å². The van der Waals surface area contributed by atoms with E-state index in [1.807, 2.05) is 37.1 Å². The summed E-state index contributed by atoms with van der Waals surface area (Å²) in [5.41, 5.74) is 1.63. The third-order valence-electron chi connectivity index (χ3n) is 3.11. The molecule has 1 aromatic heterocycles. The molecule has 1 heterocycles. The lowest BCUT2D eigenvalue weighted by atomic mass is 10.2. The fourth-order valence-electron chi connectivity index (χ4n) is 1.96. The molecule has 1 N–H and O–H groups in total. The van der Waals surface area contributed by atoms with Gasteiger partial charge in [0.15, 0.2) is 0 Å². The summed E-state index contributed by atoms with van der Waals surface area (Å²) in [6.45, 7) is 4.88. The average molecular weight is 281 g/mol. The van der Waals surface area contributed by atoms with Crippen molar-refractivity contribution < 1.29 is 0 Å². The summed E-state index contributed by atoms with van der Waals surface area (Å²) >= 11 is 0. The van der Waals surface area contributed by atoms with Gasteiger partial charge in [0.2, 0.25) is 0 Å². The number of hydrogen-bond acceptors (Lipinski definition) is 5. The van der Waals surface area contributed by atoms with Crippen LogP contribution in [0.25, 0.3) is 0 Å². The van der Waals surface area contributed by atoms with Crippen molar-refractivity contribution in [3.63, 3.8) is 0 Å². The first kappa shape index (κ1) is 14.8. The second-order valence-electron chi connectivity index (χ2n) is 4.80. The standard InChI is InChI=1S/C16H19N5/c1-4-9-18-15-10-16(20-12(2)19-15)21(3)14-7-5-13(11-17)6-8-14/h5-8,10H,4,9H2,1-3H3,(H,18,19,20). The molecule has 5 heteroatoms. The Labute approximate surface area is 125 Å². The second kappa shape index (κ2) is 6.71. The van der Waals surface area contributed by atoms with E-state index in [2.05, 4.69) is 28.3 Å². The summed E-state index contributed by atoms with van der Waals surface area (Å²) in [5.74, 6) is 2.39. The Morgan fingerprint density at radius 1 is 1.24 bits per heavy atom. The van der Waals surface area contributed by atoms with E-state index in [1.165, 1.54) is 0 Å². The van der Waals surface area contributed by atoms with Crippen LogP contribution in [0.15, 0.2) is 30.3 Å². The Kier molecular flexibility index (Phi) is 4.72. The highest BCUT2D eigenvalue weighted by Crippen LogP contribution is 2.23. The quantitative estimate of drug-likeness (QED) is 0.911. The lowest BCUT2D eigenvalue weighted by Gasteiger charge is -2.19. The van der Waals surface area contributed by atoms with Gasteiger partial charge in [-0.1, -0.05) is 6.92 Å². The van der Waals surface area contributed by atoms with E-state index in [9.17, 15) is 0 Å². The van der Waals surface area contributed by atoms with Crippen LogP contribution in [0.3, 0.4) is 0 Å². The number of nitrogens with one attached hydrogen (secondary N) is 1. The lowest BCUT2D eigenvalue weighted by molar-refractivity contribution is 0.948. The number of aromatic nitrogens is 2. The van der Waals surface area contributed by atoms with Crippen molar-refractivity contribution in [1.82, 2.24) is 9.97 Å². The molecule has 0 saturated carbocycles. The van der Waals surface area contributed by atoms with Gasteiger partial charge in [-0.3, -0.25) is 0 Å². The molecule has 0 amide bonds. The maximum Gasteiger partial charge on any atom is 0.138 e. The minimum Gasteiger partial charge on any atom is -0.370 e. The predicted octanol–water partition coefficient (Wildman–Crippen LogP) is 3.25. The SMILES string of the molecule is CCCNc1cc(N(C)c2ccc(C#N)cc2)nc(C)n1. The average Bonchev–Trinajstić information content (AvgIpc) is 2.51. The molecule has 0 spiro atoms. The Hall–Kier alpha value is -2.61. The Morgan fingerprint density at radius 3 is 2.57 bits per heavy atom. The molecule has 0 atom stereocenters. The zero-order valence-electron chi connectivity index (χ0n) is 12.6. The number of aryl methyl sites for hydroxylation is 1. The van der Waals surface area contributed by atoms with E-state index in [0.717, 1.165) is 36.1 Å². The summed E-state index contributed by atoms with van der Waals surface area (Å²) in [7, 11) is 1.95. The molecular formula is C16H19N5. The molecule has 2 aromatic rings. The largest absolute Gasteiger partial charge is 0.370 e. The van der Waals surface area contributed by atoms with Gasteiger partial charge in [-0.15, -0.1) is 0 Å². The lowest BCUT2D eigenvalue weighted by Crippen LogP contribution is -2.13. The molecule has 0 bridgehead atoms. The van der Waals surface area contributed by atoms with Gasteiger partial charge in [0.1, 0.15) is 17.5 Å². The van der Waals surface area contributed by atoms with Crippen LogP contribution in [0.4, 0.5) is 17.3 Å². The summed E-state index contributed by atoms with van der Waals surface area (Å²) in [6, 6.07) is 11.5. The van der Waals surface area contributed by atoms with Gasteiger partial charge in [0, 0.05) is 25.3 Å². The third-order valence-corrected chi connectivity index (χ3v) is 3.11. The first-order chi connectivity index (χ1) is 10.1. The highest BCUT2D eigenvalue weighted by Gasteiger charge is 2.08. The number of hydrogen-bond donors (Lipinski definition) is 1. The summed E-state index contributed by atoms with van der Waals surface area (Å²) in [6.07, 6.45) is 1.05. The number of nitrogens with zero attached hydrogens (tertiary/aromatic N) is 4. The van der Waals surface area contributed by atoms with Crippen LogP contribution in [0.1, 0.15) is 24.7 Å². The van der Waals surface area contributed by atoms with Crippen molar-refractivity contribution in [2.45, 2.75) is 20.3 Å².